The Kier molecular flexibility index (Phi) is 2.73. The first-order chi connectivity index (χ1) is 7.07. The third kappa shape index (κ3) is 2.01. The van der Waals surface area contributed by atoms with Gasteiger partial charge in [0.15, 0.2) is 0 Å². The van der Waals surface area contributed by atoms with Crippen LogP contribution < -0.4 is 0 Å². The molecule has 2 N–H and O–H groups in total. The van der Waals surface area contributed by atoms with Crippen LogP contribution in [0.25, 0.3) is 0 Å². The second-order valence-corrected chi connectivity index (χ2v) is 4.93. The molecule has 2 aliphatic rings. The Balaban J connectivity index is 1.87. The molecule has 1 saturated heterocycles. The number of β-amino-alcohol motifs (C(OH)–C–C–N with tert-alkyl or cyclic N) is 1. The first-order valence-corrected chi connectivity index (χ1v) is 5.76. The quantitative estimate of drug-likeness (QED) is 0.705. The van der Waals surface area contributed by atoms with Crippen LogP contribution in [-0.2, 0) is 4.79 Å². The van der Waals surface area contributed by atoms with Gasteiger partial charge in [-0.25, -0.2) is 0 Å². The number of carboxylic acid groups (broad SMARTS) is 1. The van der Waals surface area contributed by atoms with Crippen LogP contribution in [0.2, 0.25) is 0 Å². The lowest BCUT2D eigenvalue weighted by atomic mass is 9.86. The summed E-state index contributed by atoms with van der Waals surface area (Å²) < 4.78 is 0. The zero-order valence-corrected chi connectivity index (χ0v) is 9.15. The van der Waals surface area contributed by atoms with Crippen LogP contribution in [0.4, 0.5) is 0 Å². The molecule has 0 aromatic rings. The average Bonchev–Trinajstić information content (AvgIpc) is 2.92. The van der Waals surface area contributed by atoms with E-state index in [0.29, 0.717) is 25.4 Å². The van der Waals surface area contributed by atoms with E-state index >= 15 is 0 Å². The molecule has 4 nitrogen and oxygen atoms in total. The van der Waals surface area contributed by atoms with Crippen molar-refractivity contribution in [1.82, 2.24) is 4.90 Å². The minimum absolute atomic E-state index is 0.394. The van der Waals surface area contributed by atoms with Crippen molar-refractivity contribution in [3.05, 3.63) is 0 Å². The lowest BCUT2D eigenvalue weighted by Gasteiger charge is -2.49. The fraction of sp³-hybridized carbons (Fsp3) is 0.909. The Labute approximate surface area is 89.9 Å². The third-order valence-corrected chi connectivity index (χ3v) is 3.58. The van der Waals surface area contributed by atoms with Gasteiger partial charge in [0.2, 0.25) is 0 Å². The lowest BCUT2D eigenvalue weighted by molar-refractivity contribution is -0.162. The van der Waals surface area contributed by atoms with Gasteiger partial charge in [0.05, 0.1) is 5.60 Å². The van der Waals surface area contributed by atoms with E-state index in [4.69, 9.17) is 5.11 Å². The number of nitrogens with zero attached hydrogens (tertiary/aromatic N) is 1. The summed E-state index contributed by atoms with van der Waals surface area (Å²) in [6, 6.07) is -0.394. The Morgan fingerprint density at radius 1 is 1.53 bits per heavy atom. The van der Waals surface area contributed by atoms with Crippen LogP contribution in [0, 0.1) is 5.92 Å². The molecule has 1 unspecified atom stereocenters. The number of hydrogen-bond donors (Lipinski definition) is 2. The number of carbonyl (C=O) groups is 1. The van der Waals surface area contributed by atoms with Crippen LogP contribution in [0.15, 0.2) is 0 Å². The molecular weight excluding hydrogens is 194 g/mol. The molecule has 0 spiro atoms. The monoisotopic (exact) mass is 213 g/mol. The Hall–Kier alpha value is -0.610. The first-order valence-electron chi connectivity index (χ1n) is 5.76. The van der Waals surface area contributed by atoms with Gasteiger partial charge in [0.1, 0.15) is 6.04 Å². The van der Waals surface area contributed by atoms with Gasteiger partial charge in [-0.1, -0.05) is 13.3 Å². The molecule has 1 aliphatic heterocycles. The molecule has 4 heteroatoms. The van der Waals surface area contributed by atoms with Gasteiger partial charge in [-0.2, -0.15) is 0 Å². The predicted octanol–water partition coefficient (Wildman–Crippen LogP) is 0.696. The largest absolute Gasteiger partial charge is 0.480 e. The molecule has 1 heterocycles. The van der Waals surface area contributed by atoms with Crippen LogP contribution in [-0.4, -0.2) is 45.8 Å². The van der Waals surface area contributed by atoms with Crippen LogP contribution in [0.5, 0.6) is 0 Å². The average molecular weight is 213 g/mol. The van der Waals surface area contributed by atoms with Gasteiger partial charge >= 0.3 is 5.97 Å². The highest BCUT2D eigenvalue weighted by Crippen LogP contribution is 2.45. The summed E-state index contributed by atoms with van der Waals surface area (Å²) in [7, 11) is 0. The van der Waals surface area contributed by atoms with E-state index < -0.39 is 17.6 Å². The van der Waals surface area contributed by atoms with Gasteiger partial charge in [-0.15, -0.1) is 0 Å². The van der Waals surface area contributed by atoms with Crippen molar-refractivity contribution in [3.8, 4) is 0 Å². The van der Waals surface area contributed by atoms with E-state index in [1.54, 1.807) is 0 Å². The summed E-state index contributed by atoms with van der Waals surface area (Å²) in [6.07, 6.45) is 3.76. The molecule has 15 heavy (non-hydrogen) atoms. The first kappa shape index (κ1) is 10.9. The molecule has 0 amide bonds. The van der Waals surface area contributed by atoms with Gasteiger partial charge in [-0.05, 0) is 25.2 Å². The minimum Gasteiger partial charge on any atom is -0.480 e. The standard InChI is InChI=1S/C11H19NO3/c1-2-3-9(10(13)14)12-6-11(15,7-12)8-4-5-8/h8-9,15H,2-7H2,1H3,(H,13,14). The van der Waals surface area contributed by atoms with E-state index in [9.17, 15) is 9.90 Å². The van der Waals surface area contributed by atoms with Gasteiger partial charge in [0, 0.05) is 13.1 Å². The van der Waals surface area contributed by atoms with E-state index in [0.717, 1.165) is 19.3 Å². The van der Waals surface area contributed by atoms with Gasteiger partial charge in [-0.3, -0.25) is 9.69 Å². The molecule has 0 radical (unpaired) electrons. The smallest absolute Gasteiger partial charge is 0.320 e. The van der Waals surface area contributed by atoms with E-state index in [1.165, 1.54) is 0 Å². The predicted molar refractivity (Wildman–Crippen MR) is 55.6 cm³/mol. The maximum atomic E-state index is 11.0. The normalized spacial score (nSPS) is 27.1. The molecule has 1 aliphatic carbocycles. The maximum Gasteiger partial charge on any atom is 0.320 e. The van der Waals surface area contributed by atoms with Crippen LogP contribution in [0.3, 0.4) is 0 Å². The van der Waals surface area contributed by atoms with Crippen molar-refractivity contribution >= 4 is 5.97 Å². The number of hydrogen-bond acceptors (Lipinski definition) is 3. The highest BCUT2D eigenvalue weighted by Gasteiger charge is 2.53. The number of likely N-dealkylation sites (tertiary alicyclic amines) is 1. The summed E-state index contributed by atoms with van der Waals surface area (Å²) >= 11 is 0. The fourth-order valence-electron chi connectivity index (χ4n) is 2.49. The molecule has 0 aromatic carbocycles. The topological polar surface area (TPSA) is 60.8 Å². The van der Waals surface area contributed by atoms with Crippen molar-refractivity contribution in [2.45, 2.75) is 44.2 Å². The van der Waals surface area contributed by atoms with Crippen molar-refractivity contribution in [2.75, 3.05) is 13.1 Å². The maximum absolute atomic E-state index is 11.0. The summed E-state index contributed by atoms with van der Waals surface area (Å²) in [5, 5.41) is 19.1. The highest BCUT2D eigenvalue weighted by molar-refractivity contribution is 5.73. The number of rotatable bonds is 5. The number of carboxylic acids is 1. The third-order valence-electron chi connectivity index (χ3n) is 3.58. The summed E-state index contributed by atoms with van der Waals surface area (Å²) in [6.45, 7) is 3.09. The van der Waals surface area contributed by atoms with Crippen molar-refractivity contribution in [3.63, 3.8) is 0 Å². The van der Waals surface area contributed by atoms with E-state index in [2.05, 4.69) is 0 Å². The van der Waals surface area contributed by atoms with Crippen LogP contribution >= 0.6 is 0 Å². The van der Waals surface area contributed by atoms with Crippen LogP contribution in [0.1, 0.15) is 32.6 Å². The second-order valence-electron chi connectivity index (χ2n) is 4.93. The number of aliphatic hydroxyl groups is 1. The van der Waals surface area contributed by atoms with Gasteiger partial charge in [0.25, 0.3) is 0 Å². The fourth-order valence-corrected chi connectivity index (χ4v) is 2.49. The minimum atomic E-state index is -0.755. The van der Waals surface area contributed by atoms with Crippen molar-refractivity contribution in [1.29, 1.82) is 0 Å². The van der Waals surface area contributed by atoms with Crippen molar-refractivity contribution in [2.24, 2.45) is 5.92 Å². The molecule has 1 saturated carbocycles. The summed E-state index contributed by atoms with van der Waals surface area (Å²) in [5.41, 5.74) is -0.568. The molecular formula is C11H19NO3. The molecule has 2 fully saturated rings. The second kappa shape index (κ2) is 3.76. The van der Waals surface area contributed by atoms with Gasteiger partial charge < -0.3 is 10.2 Å². The zero-order chi connectivity index (χ0) is 11.1. The number of aliphatic carboxylic acids is 1. The Morgan fingerprint density at radius 3 is 2.53 bits per heavy atom. The Morgan fingerprint density at radius 2 is 2.13 bits per heavy atom. The van der Waals surface area contributed by atoms with E-state index in [1.807, 2.05) is 11.8 Å². The molecule has 0 bridgehead atoms. The molecule has 86 valence electrons. The van der Waals surface area contributed by atoms with E-state index in [-0.39, 0.29) is 0 Å². The highest BCUT2D eigenvalue weighted by atomic mass is 16.4. The van der Waals surface area contributed by atoms with Crippen molar-refractivity contribution < 1.29 is 15.0 Å². The summed E-state index contributed by atoms with van der Waals surface area (Å²) in [4.78, 5) is 12.9. The zero-order valence-electron chi connectivity index (χ0n) is 9.15. The Bertz CT molecular complexity index is 257. The molecule has 2 rings (SSSR count). The summed E-state index contributed by atoms with van der Waals surface area (Å²) in [5.74, 6) is -0.320. The molecule has 1 atom stereocenters. The SMILES string of the molecule is CCCC(C(=O)O)N1CC(O)(C2CC2)C1. The lowest BCUT2D eigenvalue weighted by Crippen LogP contribution is -2.67. The molecule has 0 aromatic heterocycles.